The highest BCUT2D eigenvalue weighted by molar-refractivity contribution is 5.66. The van der Waals surface area contributed by atoms with Crippen molar-refractivity contribution in [3.63, 3.8) is 0 Å². The second-order valence-electron chi connectivity index (χ2n) is 2.72. The quantitative estimate of drug-likeness (QED) is 0.683. The van der Waals surface area contributed by atoms with E-state index in [1.165, 1.54) is 12.1 Å². The SMILES string of the molecule is CCN(C)c1ccc(F)cc1N. The third-order valence-electron chi connectivity index (χ3n) is 1.88. The predicted octanol–water partition coefficient (Wildman–Crippen LogP) is 1.86. The summed E-state index contributed by atoms with van der Waals surface area (Å²) < 4.78 is 12.6. The van der Waals surface area contributed by atoms with Crippen LogP contribution in [0.1, 0.15) is 6.92 Å². The topological polar surface area (TPSA) is 29.3 Å². The minimum Gasteiger partial charge on any atom is -0.397 e. The summed E-state index contributed by atoms with van der Waals surface area (Å²) >= 11 is 0. The van der Waals surface area contributed by atoms with Gasteiger partial charge in [0.2, 0.25) is 0 Å². The lowest BCUT2D eigenvalue weighted by Crippen LogP contribution is -2.17. The van der Waals surface area contributed by atoms with Crippen LogP contribution in [0.15, 0.2) is 18.2 Å². The smallest absolute Gasteiger partial charge is 0.125 e. The summed E-state index contributed by atoms with van der Waals surface area (Å²) in [5.74, 6) is -0.291. The van der Waals surface area contributed by atoms with Crippen molar-refractivity contribution in [3.05, 3.63) is 24.0 Å². The minimum atomic E-state index is -0.291. The Morgan fingerprint density at radius 2 is 2.17 bits per heavy atom. The summed E-state index contributed by atoms with van der Waals surface area (Å²) in [5.41, 5.74) is 6.98. The maximum atomic E-state index is 12.6. The zero-order valence-electron chi connectivity index (χ0n) is 7.34. The molecule has 2 N–H and O–H groups in total. The summed E-state index contributed by atoms with van der Waals surface area (Å²) in [4.78, 5) is 1.97. The van der Waals surface area contributed by atoms with Crippen molar-refractivity contribution < 1.29 is 4.39 Å². The zero-order chi connectivity index (χ0) is 9.14. The molecule has 0 amide bonds. The lowest BCUT2D eigenvalue weighted by atomic mass is 10.2. The molecule has 0 aliphatic rings. The summed E-state index contributed by atoms with van der Waals surface area (Å²) in [6.07, 6.45) is 0. The Morgan fingerprint density at radius 3 is 2.67 bits per heavy atom. The molecule has 0 atom stereocenters. The molecule has 0 spiro atoms. The molecule has 0 aliphatic heterocycles. The molecule has 0 aliphatic carbocycles. The number of rotatable bonds is 2. The molecule has 66 valence electrons. The third-order valence-corrected chi connectivity index (χ3v) is 1.88. The van der Waals surface area contributed by atoms with E-state index in [0.717, 1.165) is 12.2 Å². The van der Waals surface area contributed by atoms with E-state index >= 15 is 0 Å². The highest BCUT2D eigenvalue weighted by atomic mass is 19.1. The number of nitrogens with two attached hydrogens (primary N) is 1. The number of benzene rings is 1. The van der Waals surface area contributed by atoms with Gasteiger partial charge in [0.25, 0.3) is 0 Å². The van der Waals surface area contributed by atoms with E-state index in [1.54, 1.807) is 6.07 Å². The molecule has 0 fully saturated rings. The van der Waals surface area contributed by atoms with Crippen molar-refractivity contribution in [2.45, 2.75) is 6.92 Å². The maximum absolute atomic E-state index is 12.6. The van der Waals surface area contributed by atoms with E-state index in [9.17, 15) is 4.39 Å². The fraction of sp³-hybridized carbons (Fsp3) is 0.333. The molecule has 1 rings (SSSR count). The van der Waals surface area contributed by atoms with Gasteiger partial charge in [-0.15, -0.1) is 0 Å². The van der Waals surface area contributed by atoms with Gasteiger partial charge in [-0.05, 0) is 25.1 Å². The Kier molecular flexibility index (Phi) is 2.53. The van der Waals surface area contributed by atoms with Crippen molar-refractivity contribution in [1.82, 2.24) is 0 Å². The maximum Gasteiger partial charge on any atom is 0.125 e. The van der Waals surface area contributed by atoms with Crippen molar-refractivity contribution >= 4 is 11.4 Å². The molecule has 0 saturated heterocycles. The van der Waals surface area contributed by atoms with Crippen LogP contribution in [0.3, 0.4) is 0 Å². The Morgan fingerprint density at radius 1 is 1.50 bits per heavy atom. The minimum absolute atomic E-state index is 0.291. The van der Waals surface area contributed by atoms with Crippen LogP contribution in [0.4, 0.5) is 15.8 Å². The number of halogens is 1. The van der Waals surface area contributed by atoms with Gasteiger partial charge in [-0.1, -0.05) is 0 Å². The number of nitrogens with zero attached hydrogens (tertiary/aromatic N) is 1. The first-order valence-corrected chi connectivity index (χ1v) is 3.91. The van der Waals surface area contributed by atoms with Gasteiger partial charge in [-0.25, -0.2) is 4.39 Å². The van der Waals surface area contributed by atoms with E-state index in [4.69, 9.17) is 5.73 Å². The predicted molar refractivity (Wildman–Crippen MR) is 49.8 cm³/mol. The van der Waals surface area contributed by atoms with Gasteiger partial charge in [0.05, 0.1) is 11.4 Å². The van der Waals surface area contributed by atoms with E-state index in [0.29, 0.717) is 5.69 Å². The number of nitrogen functional groups attached to an aromatic ring is 1. The Hall–Kier alpha value is -1.25. The molecule has 12 heavy (non-hydrogen) atoms. The molecule has 0 bridgehead atoms. The molecule has 3 heteroatoms. The van der Waals surface area contributed by atoms with Crippen molar-refractivity contribution in [2.24, 2.45) is 0 Å². The van der Waals surface area contributed by atoms with Crippen LogP contribution >= 0.6 is 0 Å². The van der Waals surface area contributed by atoms with Crippen LogP contribution in [-0.4, -0.2) is 13.6 Å². The largest absolute Gasteiger partial charge is 0.397 e. The van der Waals surface area contributed by atoms with E-state index < -0.39 is 0 Å². The van der Waals surface area contributed by atoms with Gasteiger partial charge in [0.1, 0.15) is 5.82 Å². The lowest BCUT2D eigenvalue weighted by Gasteiger charge is -2.18. The molecule has 1 aromatic rings. The van der Waals surface area contributed by atoms with Gasteiger partial charge in [-0.2, -0.15) is 0 Å². The first-order chi connectivity index (χ1) is 5.65. The summed E-state index contributed by atoms with van der Waals surface area (Å²) in [5, 5.41) is 0. The van der Waals surface area contributed by atoms with Gasteiger partial charge in [0, 0.05) is 13.6 Å². The van der Waals surface area contributed by atoms with Crippen LogP contribution in [0, 0.1) is 5.82 Å². The zero-order valence-corrected chi connectivity index (χ0v) is 7.34. The van der Waals surface area contributed by atoms with Crippen molar-refractivity contribution in [3.8, 4) is 0 Å². The van der Waals surface area contributed by atoms with Gasteiger partial charge < -0.3 is 10.6 Å². The Balaban J connectivity index is 3.01. The normalized spacial score (nSPS) is 9.92. The van der Waals surface area contributed by atoms with Crippen LogP contribution in [0.2, 0.25) is 0 Å². The highest BCUT2D eigenvalue weighted by Crippen LogP contribution is 2.22. The number of hydrogen-bond acceptors (Lipinski definition) is 2. The second-order valence-corrected chi connectivity index (χ2v) is 2.72. The summed E-state index contributed by atoms with van der Waals surface area (Å²) in [7, 11) is 1.92. The first kappa shape index (κ1) is 8.84. The number of anilines is 2. The first-order valence-electron chi connectivity index (χ1n) is 3.91. The van der Waals surface area contributed by atoms with Crippen LogP contribution in [0.25, 0.3) is 0 Å². The van der Waals surface area contributed by atoms with E-state index in [-0.39, 0.29) is 5.82 Å². The molecule has 0 saturated carbocycles. The van der Waals surface area contributed by atoms with Crippen LogP contribution in [0.5, 0.6) is 0 Å². The number of hydrogen-bond donors (Lipinski definition) is 1. The summed E-state index contributed by atoms with van der Waals surface area (Å²) in [6.45, 7) is 2.87. The van der Waals surface area contributed by atoms with Gasteiger partial charge in [-0.3, -0.25) is 0 Å². The molecule has 1 aromatic carbocycles. The Labute approximate surface area is 71.8 Å². The van der Waals surface area contributed by atoms with E-state index in [2.05, 4.69) is 0 Å². The molecule has 0 heterocycles. The summed E-state index contributed by atoms with van der Waals surface area (Å²) in [6, 6.07) is 4.44. The molecule has 0 aromatic heterocycles. The van der Waals surface area contributed by atoms with E-state index in [1.807, 2.05) is 18.9 Å². The highest BCUT2D eigenvalue weighted by Gasteiger charge is 2.03. The molecule has 2 nitrogen and oxygen atoms in total. The average Bonchev–Trinajstić information content (AvgIpc) is 2.03. The van der Waals surface area contributed by atoms with Crippen molar-refractivity contribution in [1.29, 1.82) is 0 Å². The fourth-order valence-electron chi connectivity index (χ4n) is 1.04. The van der Waals surface area contributed by atoms with Crippen molar-refractivity contribution in [2.75, 3.05) is 24.2 Å². The standard InChI is InChI=1S/C9H13FN2/c1-3-12(2)9-5-4-7(10)6-8(9)11/h4-6H,3,11H2,1-2H3. The van der Waals surface area contributed by atoms with Crippen LogP contribution < -0.4 is 10.6 Å². The van der Waals surface area contributed by atoms with Gasteiger partial charge in [0.15, 0.2) is 0 Å². The Bertz CT molecular complexity index is 273. The molecular formula is C9H13FN2. The molecule has 0 radical (unpaired) electrons. The molecule has 0 unspecified atom stereocenters. The third kappa shape index (κ3) is 1.67. The molecular weight excluding hydrogens is 155 g/mol. The second kappa shape index (κ2) is 3.43. The monoisotopic (exact) mass is 168 g/mol. The average molecular weight is 168 g/mol. The lowest BCUT2D eigenvalue weighted by molar-refractivity contribution is 0.628. The van der Waals surface area contributed by atoms with Gasteiger partial charge >= 0.3 is 0 Å². The fourth-order valence-corrected chi connectivity index (χ4v) is 1.04. The van der Waals surface area contributed by atoms with Crippen LogP contribution in [-0.2, 0) is 0 Å².